The smallest absolute Gasteiger partial charge is 0.451 e. The van der Waals surface area contributed by atoms with Crippen LogP contribution >= 0.6 is 0 Å². The van der Waals surface area contributed by atoms with Crippen molar-refractivity contribution in [3.8, 4) is 5.75 Å². The number of primary amides is 1. The van der Waals surface area contributed by atoms with Crippen molar-refractivity contribution in [2.45, 2.75) is 45.5 Å². The van der Waals surface area contributed by atoms with Crippen LogP contribution in [0.25, 0.3) is 10.9 Å². The number of alkyl halides is 3. The molecule has 0 radical (unpaired) electrons. The summed E-state index contributed by atoms with van der Waals surface area (Å²) in [4.78, 5) is 31.8. The van der Waals surface area contributed by atoms with Crippen LogP contribution in [0.4, 0.5) is 18.9 Å². The number of amides is 1. The number of aldehydes is 1. The van der Waals surface area contributed by atoms with Gasteiger partial charge in [0.1, 0.15) is 17.9 Å². The molecular formula is C28H34F3N7O3. The van der Waals surface area contributed by atoms with Gasteiger partial charge in [-0.2, -0.15) is 13.2 Å². The van der Waals surface area contributed by atoms with Crippen molar-refractivity contribution in [2.75, 3.05) is 38.2 Å². The van der Waals surface area contributed by atoms with Crippen molar-refractivity contribution in [3.63, 3.8) is 0 Å². The van der Waals surface area contributed by atoms with Crippen molar-refractivity contribution in [1.82, 2.24) is 24.6 Å². The zero-order valence-electron chi connectivity index (χ0n) is 23.1. The maximum Gasteiger partial charge on any atom is 0.451 e. The quantitative estimate of drug-likeness (QED) is 0.445. The van der Waals surface area contributed by atoms with Crippen LogP contribution in [0.2, 0.25) is 0 Å². The Bertz CT molecular complexity index is 1420. The second-order valence-corrected chi connectivity index (χ2v) is 11.2. The Labute approximate surface area is 235 Å². The van der Waals surface area contributed by atoms with E-state index in [4.69, 9.17) is 10.5 Å². The second kappa shape index (κ2) is 11.6. The van der Waals surface area contributed by atoms with Gasteiger partial charge in [0.25, 0.3) is 5.91 Å². The van der Waals surface area contributed by atoms with Crippen LogP contribution in [0.5, 0.6) is 5.75 Å². The number of likely N-dealkylation sites (N-methyl/N-ethyl adjacent to an activating group) is 1. The monoisotopic (exact) mass is 573 g/mol. The SMILES string of the molecule is CC1CN(c2c(C(N)=O)cnc3cc(OCC4CC4)ccc23)CCC1C=O.CN1CCn2c(nnc2C(F)(F)F)C1. The highest BCUT2D eigenvalue weighted by molar-refractivity contribution is 6.07. The van der Waals surface area contributed by atoms with E-state index in [0.29, 0.717) is 50.0 Å². The van der Waals surface area contributed by atoms with Crippen molar-refractivity contribution < 1.29 is 27.5 Å². The zero-order chi connectivity index (χ0) is 29.3. The van der Waals surface area contributed by atoms with Gasteiger partial charge in [-0.05, 0) is 50.3 Å². The highest BCUT2D eigenvalue weighted by atomic mass is 19.4. The molecule has 2 atom stereocenters. The Morgan fingerprint density at radius 2 is 1.95 bits per heavy atom. The Balaban J connectivity index is 0.000000202. The van der Waals surface area contributed by atoms with Gasteiger partial charge in [0.15, 0.2) is 0 Å². The molecule has 10 nitrogen and oxygen atoms in total. The highest BCUT2D eigenvalue weighted by Crippen LogP contribution is 2.36. The number of nitrogens with zero attached hydrogens (tertiary/aromatic N) is 6. The van der Waals surface area contributed by atoms with Crippen molar-refractivity contribution in [3.05, 3.63) is 41.6 Å². The summed E-state index contributed by atoms with van der Waals surface area (Å²) in [5.41, 5.74) is 7.66. The van der Waals surface area contributed by atoms with E-state index in [9.17, 15) is 22.8 Å². The molecule has 1 amide bonds. The number of piperidine rings is 1. The van der Waals surface area contributed by atoms with Crippen LogP contribution in [-0.4, -0.2) is 70.1 Å². The van der Waals surface area contributed by atoms with Gasteiger partial charge in [-0.25, -0.2) is 0 Å². The Kier molecular flexibility index (Phi) is 8.16. The van der Waals surface area contributed by atoms with Crippen LogP contribution in [0.3, 0.4) is 0 Å². The van der Waals surface area contributed by atoms with Gasteiger partial charge >= 0.3 is 6.18 Å². The van der Waals surface area contributed by atoms with Crippen LogP contribution in [0, 0.1) is 17.8 Å². The second-order valence-electron chi connectivity index (χ2n) is 11.2. The first-order valence-corrected chi connectivity index (χ1v) is 13.8. The molecule has 2 aliphatic heterocycles. The van der Waals surface area contributed by atoms with Gasteiger partial charge in [0.05, 0.1) is 29.9 Å². The van der Waals surface area contributed by atoms with Crippen molar-refractivity contribution in [2.24, 2.45) is 23.5 Å². The molecule has 2 aromatic heterocycles. The topological polar surface area (TPSA) is 119 Å². The first-order valence-electron chi connectivity index (χ1n) is 13.8. The van der Waals surface area contributed by atoms with Gasteiger partial charge in [-0.3, -0.25) is 14.7 Å². The number of carbonyl (C=O) groups is 2. The Morgan fingerprint density at radius 3 is 2.61 bits per heavy atom. The fourth-order valence-electron chi connectivity index (χ4n) is 5.33. The van der Waals surface area contributed by atoms with Gasteiger partial charge < -0.3 is 24.7 Å². The van der Waals surface area contributed by atoms with Gasteiger partial charge in [-0.1, -0.05) is 6.92 Å². The molecule has 41 heavy (non-hydrogen) atoms. The summed E-state index contributed by atoms with van der Waals surface area (Å²) < 4.78 is 44.1. The molecule has 3 aliphatic rings. The standard InChI is InChI=1S/C21H25N3O3.C7H9F3N4/c1-13-10-24(7-6-15(13)11-25)20-17-5-4-16(27-12-14-2-3-14)8-19(17)23-9-18(20)21(22)26;1-13-2-3-14-5(4-13)11-12-6(14)7(8,9)10/h4-5,8-9,11,13-15H,2-3,6-7,10,12H2,1H3,(H2,22,26);2-4H2,1H3. The molecule has 13 heteroatoms. The van der Waals surface area contributed by atoms with Crippen LogP contribution in [-0.2, 0) is 24.1 Å². The first-order chi connectivity index (χ1) is 19.5. The predicted octanol–water partition coefficient (Wildman–Crippen LogP) is 3.53. The molecule has 0 spiro atoms. The van der Waals surface area contributed by atoms with E-state index in [1.807, 2.05) is 30.1 Å². The molecular weight excluding hydrogens is 539 g/mol. The number of aromatic nitrogens is 4. The third-order valence-corrected chi connectivity index (χ3v) is 7.92. The van der Waals surface area contributed by atoms with Crippen LogP contribution in [0.1, 0.15) is 48.2 Å². The van der Waals surface area contributed by atoms with E-state index < -0.39 is 17.9 Å². The van der Waals surface area contributed by atoms with Crippen LogP contribution in [0.15, 0.2) is 24.4 Å². The molecule has 220 valence electrons. The largest absolute Gasteiger partial charge is 0.493 e. The summed E-state index contributed by atoms with van der Waals surface area (Å²) in [6, 6.07) is 5.82. The maximum absolute atomic E-state index is 12.4. The van der Waals surface area contributed by atoms with E-state index >= 15 is 0 Å². The molecule has 6 rings (SSSR count). The van der Waals surface area contributed by atoms with E-state index in [1.54, 1.807) is 6.20 Å². The number of pyridine rings is 1. The molecule has 2 fully saturated rings. The normalized spacial score (nSPS) is 21.1. The molecule has 1 saturated carbocycles. The van der Waals surface area contributed by atoms with Gasteiger partial charge in [0.2, 0.25) is 5.82 Å². The van der Waals surface area contributed by atoms with E-state index in [2.05, 4.69) is 27.0 Å². The average Bonchev–Trinajstić information content (AvgIpc) is 3.67. The number of carbonyl (C=O) groups excluding carboxylic acids is 2. The number of rotatable bonds is 6. The summed E-state index contributed by atoms with van der Waals surface area (Å²) in [7, 11) is 1.84. The Morgan fingerprint density at radius 1 is 1.17 bits per heavy atom. The molecule has 1 aromatic carbocycles. The molecule has 2 unspecified atom stereocenters. The number of nitrogens with two attached hydrogens (primary N) is 1. The van der Waals surface area contributed by atoms with Crippen LogP contribution < -0.4 is 15.4 Å². The Hall–Kier alpha value is -3.74. The summed E-state index contributed by atoms with van der Waals surface area (Å²) in [5, 5.41) is 7.58. The molecule has 3 aromatic rings. The number of fused-ring (bicyclic) bond motifs is 2. The zero-order valence-corrected chi connectivity index (χ0v) is 23.1. The average molecular weight is 574 g/mol. The number of hydrogen-bond donors (Lipinski definition) is 1. The summed E-state index contributed by atoms with van der Waals surface area (Å²) in [6.45, 7) is 5.55. The number of halogens is 3. The van der Waals surface area contributed by atoms with E-state index in [1.165, 1.54) is 12.8 Å². The number of hydrogen-bond acceptors (Lipinski definition) is 8. The molecule has 1 aliphatic carbocycles. The summed E-state index contributed by atoms with van der Waals surface area (Å²) in [5.74, 6) is 0.773. The summed E-state index contributed by atoms with van der Waals surface area (Å²) >= 11 is 0. The fraction of sp³-hybridized carbons (Fsp3) is 0.536. The van der Waals surface area contributed by atoms with Gasteiger partial charge in [0, 0.05) is 49.7 Å². The maximum atomic E-state index is 12.4. The fourth-order valence-corrected chi connectivity index (χ4v) is 5.33. The number of ether oxygens (including phenoxy) is 1. The highest BCUT2D eigenvalue weighted by Gasteiger charge is 2.39. The minimum Gasteiger partial charge on any atom is -0.493 e. The lowest BCUT2D eigenvalue weighted by molar-refractivity contribution is -0.148. The third kappa shape index (κ3) is 6.45. The number of benzene rings is 1. The van der Waals surface area contributed by atoms with E-state index in [0.717, 1.165) is 46.2 Å². The lowest BCUT2D eigenvalue weighted by atomic mass is 9.87. The van der Waals surface area contributed by atoms with Crippen molar-refractivity contribution >= 4 is 28.8 Å². The summed E-state index contributed by atoms with van der Waals surface area (Å²) in [6.07, 6.45) is 1.46. The first kappa shape index (κ1) is 28.8. The lowest BCUT2D eigenvalue weighted by Gasteiger charge is -2.37. The minimum absolute atomic E-state index is 0.0637. The predicted molar refractivity (Wildman–Crippen MR) is 145 cm³/mol. The van der Waals surface area contributed by atoms with E-state index in [-0.39, 0.29) is 11.8 Å². The molecule has 4 heterocycles. The third-order valence-electron chi connectivity index (χ3n) is 7.92. The van der Waals surface area contributed by atoms with Gasteiger partial charge in [-0.15, -0.1) is 10.2 Å². The molecule has 2 N–H and O–H groups in total. The number of anilines is 1. The minimum atomic E-state index is -4.40. The van der Waals surface area contributed by atoms with Crippen molar-refractivity contribution in [1.29, 1.82) is 0 Å². The molecule has 0 bridgehead atoms. The molecule has 1 saturated heterocycles. The lowest BCUT2D eigenvalue weighted by Crippen LogP contribution is -2.41.